The molecule has 2 aromatic carbocycles. The van der Waals surface area contributed by atoms with Gasteiger partial charge in [-0.25, -0.2) is 0 Å². The van der Waals surface area contributed by atoms with E-state index in [1.54, 1.807) is 13.2 Å². The van der Waals surface area contributed by atoms with Crippen LogP contribution in [0.25, 0.3) is 6.08 Å². The molecule has 0 amide bonds. The van der Waals surface area contributed by atoms with Crippen LogP contribution in [0.3, 0.4) is 0 Å². The number of ether oxygens (including phenoxy) is 3. The van der Waals surface area contributed by atoms with Gasteiger partial charge in [0.1, 0.15) is 24.0 Å². The van der Waals surface area contributed by atoms with Gasteiger partial charge in [-0.3, -0.25) is 9.69 Å². The summed E-state index contributed by atoms with van der Waals surface area (Å²) in [5, 5.41) is 0. The van der Waals surface area contributed by atoms with Crippen molar-refractivity contribution in [2.75, 3.05) is 13.8 Å². The molecule has 0 saturated carbocycles. The number of methoxy groups -OCH3 is 1. The minimum absolute atomic E-state index is 0.0882. The summed E-state index contributed by atoms with van der Waals surface area (Å²) < 4.78 is 17.2. The lowest BCUT2D eigenvalue weighted by molar-refractivity contribution is 0.0673. The molecule has 0 spiro atoms. The molecule has 140 valence electrons. The monoisotopic (exact) mass is 365 g/mol. The Labute approximate surface area is 159 Å². The van der Waals surface area contributed by atoms with E-state index in [1.165, 1.54) is 0 Å². The van der Waals surface area contributed by atoms with Crippen LogP contribution in [0.4, 0.5) is 0 Å². The van der Waals surface area contributed by atoms with Crippen molar-refractivity contribution < 1.29 is 19.0 Å². The number of hydrogen-bond acceptors (Lipinski definition) is 5. The quantitative estimate of drug-likeness (QED) is 0.764. The average molecular weight is 365 g/mol. The molecule has 0 radical (unpaired) electrons. The van der Waals surface area contributed by atoms with Gasteiger partial charge in [-0.1, -0.05) is 12.1 Å². The number of carbonyl (C=O) groups is 1. The lowest BCUT2D eigenvalue weighted by atomic mass is 9.98. The largest absolute Gasteiger partial charge is 0.497 e. The number of Topliss-reactive ketones (excluding diaryl/α,β-unsaturated/α-hetero) is 1. The molecule has 2 aromatic rings. The molecular formula is C22H23NO4. The van der Waals surface area contributed by atoms with Crippen LogP contribution in [0.15, 0.2) is 36.1 Å². The number of fused-ring (bicyclic) bond motifs is 3. The summed E-state index contributed by atoms with van der Waals surface area (Å²) in [6.07, 6.45) is 1.76. The summed E-state index contributed by atoms with van der Waals surface area (Å²) >= 11 is 0. The van der Waals surface area contributed by atoms with E-state index >= 15 is 0 Å². The highest BCUT2D eigenvalue weighted by molar-refractivity contribution is 6.15. The number of aryl methyl sites for hydroxylation is 1. The number of hydrogen-bond donors (Lipinski definition) is 0. The Hall–Kier alpha value is -2.79. The molecule has 0 aromatic heterocycles. The molecule has 0 atom stereocenters. The van der Waals surface area contributed by atoms with Gasteiger partial charge in [0.2, 0.25) is 5.78 Å². The van der Waals surface area contributed by atoms with Crippen molar-refractivity contribution in [2.45, 2.75) is 33.4 Å². The summed E-state index contributed by atoms with van der Waals surface area (Å²) in [6.45, 7) is 7.43. The van der Waals surface area contributed by atoms with Crippen molar-refractivity contribution >= 4 is 11.9 Å². The highest BCUT2D eigenvalue weighted by atomic mass is 16.5. The Balaban J connectivity index is 1.74. The fraction of sp³-hybridized carbons (Fsp3) is 0.318. The van der Waals surface area contributed by atoms with E-state index in [0.717, 1.165) is 28.2 Å². The molecule has 0 aliphatic carbocycles. The number of benzene rings is 2. The van der Waals surface area contributed by atoms with Crippen LogP contribution < -0.4 is 14.2 Å². The minimum atomic E-state index is -0.0882. The van der Waals surface area contributed by atoms with Gasteiger partial charge in [-0.15, -0.1) is 0 Å². The van der Waals surface area contributed by atoms with E-state index in [-0.39, 0.29) is 5.78 Å². The van der Waals surface area contributed by atoms with Crippen LogP contribution in [-0.2, 0) is 6.54 Å². The first kappa shape index (κ1) is 17.6. The highest BCUT2D eigenvalue weighted by Crippen LogP contribution is 2.44. The zero-order chi connectivity index (χ0) is 19.1. The summed E-state index contributed by atoms with van der Waals surface area (Å²) in [5.74, 6) is 2.42. The first-order valence-corrected chi connectivity index (χ1v) is 9.09. The number of carbonyl (C=O) groups excluding carboxylic acids is 1. The van der Waals surface area contributed by atoms with Crippen molar-refractivity contribution in [1.29, 1.82) is 0 Å². The van der Waals surface area contributed by atoms with Crippen molar-refractivity contribution in [2.24, 2.45) is 0 Å². The van der Waals surface area contributed by atoms with Crippen LogP contribution >= 0.6 is 0 Å². The number of nitrogens with zero attached hydrogens (tertiary/aromatic N) is 1. The van der Waals surface area contributed by atoms with Gasteiger partial charge in [0.05, 0.1) is 18.2 Å². The molecule has 4 rings (SSSR count). The van der Waals surface area contributed by atoms with Gasteiger partial charge in [-0.05, 0) is 56.2 Å². The lowest BCUT2D eigenvalue weighted by Gasteiger charge is -2.32. The first-order chi connectivity index (χ1) is 13.0. The Morgan fingerprint density at radius 2 is 2.07 bits per heavy atom. The molecule has 2 heterocycles. The SMILES string of the molecule is COc1cccc(/C=C2\Oc3c4c(cc(C)c3C2=O)OCN(C(C)C)C4)c1. The number of ketones is 1. The van der Waals surface area contributed by atoms with Gasteiger partial charge in [0, 0.05) is 12.6 Å². The molecular weight excluding hydrogens is 342 g/mol. The zero-order valence-electron chi connectivity index (χ0n) is 16.0. The molecule has 27 heavy (non-hydrogen) atoms. The molecule has 5 nitrogen and oxygen atoms in total. The molecule has 0 unspecified atom stereocenters. The molecule has 2 aliphatic heterocycles. The average Bonchev–Trinajstić information content (AvgIpc) is 2.99. The predicted octanol–water partition coefficient (Wildman–Crippen LogP) is 4.18. The lowest BCUT2D eigenvalue weighted by Crippen LogP contribution is -2.37. The fourth-order valence-electron chi connectivity index (χ4n) is 3.46. The normalized spacial score (nSPS) is 17.5. The van der Waals surface area contributed by atoms with Gasteiger partial charge >= 0.3 is 0 Å². The maximum atomic E-state index is 13.0. The predicted molar refractivity (Wildman–Crippen MR) is 103 cm³/mol. The second-order valence-corrected chi connectivity index (χ2v) is 7.20. The van der Waals surface area contributed by atoms with E-state index in [4.69, 9.17) is 14.2 Å². The maximum Gasteiger partial charge on any atom is 0.232 e. The Bertz CT molecular complexity index is 946. The van der Waals surface area contributed by atoms with E-state index in [1.807, 2.05) is 37.3 Å². The van der Waals surface area contributed by atoms with Crippen LogP contribution in [0, 0.1) is 6.92 Å². The second kappa shape index (κ2) is 6.74. The summed E-state index contributed by atoms with van der Waals surface area (Å²) in [7, 11) is 1.62. The van der Waals surface area contributed by atoms with Crippen LogP contribution in [0.5, 0.6) is 17.2 Å². The molecule has 2 aliphatic rings. The Morgan fingerprint density at radius 1 is 1.26 bits per heavy atom. The van der Waals surface area contributed by atoms with E-state index in [9.17, 15) is 4.79 Å². The number of rotatable bonds is 3. The van der Waals surface area contributed by atoms with Crippen LogP contribution in [-0.4, -0.2) is 30.6 Å². The van der Waals surface area contributed by atoms with Gasteiger partial charge < -0.3 is 14.2 Å². The van der Waals surface area contributed by atoms with Crippen molar-refractivity contribution in [1.82, 2.24) is 4.90 Å². The second-order valence-electron chi connectivity index (χ2n) is 7.20. The topological polar surface area (TPSA) is 48.0 Å². The van der Waals surface area contributed by atoms with Gasteiger partial charge in [0.25, 0.3) is 0 Å². The molecule has 0 saturated heterocycles. The Morgan fingerprint density at radius 3 is 2.81 bits per heavy atom. The first-order valence-electron chi connectivity index (χ1n) is 9.09. The third kappa shape index (κ3) is 3.08. The molecule has 0 fully saturated rings. The summed E-state index contributed by atoms with van der Waals surface area (Å²) in [4.78, 5) is 15.2. The van der Waals surface area contributed by atoms with Crippen LogP contribution in [0.1, 0.15) is 40.9 Å². The van der Waals surface area contributed by atoms with E-state index < -0.39 is 0 Å². The third-order valence-electron chi connectivity index (χ3n) is 5.07. The van der Waals surface area contributed by atoms with Crippen molar-refractivity contribution in [3.8, 4) is 17.2 Å². The number of allylic oxidation sites excluding steroid dienone is 1. The maximum absolute atomic E-state index is 13.0. The Kier molecular flexibility index (Phi) is 4.40. The van der Waals surface area contributed by atoms with Crippen LogP contribution in [0.2, 0.25) is 0 Å². The highest BCUT2D eigenvalue weighted by Gasteiger charge is 2.35. The zero-order valence-corrected chi connectivity index (χ0v) is 16.0. The van der Waals surface area contributed by atoms with Gasteiger partial charge in [0.15, 0.2) is 5.76 Å². The smallest absolute Gasteiger partial charge is 0.232 e. The fourth-order valence-corrected chi connectivity index (χ4v) is 3.46. The molecule has 0 bridgehead atoms. The van der Waals surface area contributed by atoms with E-state index in [2.05, 4.69) is 18.7 Å². The summed E-state index contributed by atoms with van der Waals surface area (Å²) in [6, 6.07) is 9.84. The minimum Gasteiger partial charge on any atom is -0.497 e. The van der Waals surface area contributed by atoms with Gasteiger partial charge in [-0.2, -0.15) is 0 Å². The van der Waals surface area contributed by atoms with Crippen molar-refractivity contribution in [3.05, 3.63) is 58.3 Å². The van der Waals surface area contributed by atoms with E-state index in [0.29, 0.717) is 36.4 Å². The summed E-state index contributed by atoms with van der Waals surface area (Å²) in [5.41, 5.74) is 3.31. The van der Waals surface area contributed by atoms with Crippen molar-refractivity contribution in [3.63, 3.8) is 0 Å². The molecule has 5 heteroatoms. The third-order valence-corrected chi connectivity index (χ3v) is 5.07. The molecule has 0 N–H and O–H groups in total. The standard InChI is InChI=1S/C22H23NO4/c1-13(2)23-11-17-18(26-12-23)8-14(3)20-21(24)19(27-22(17)20)10-15-6-5-7-16(9-15)25-4/h5-10,13H,11-12H2,1-4H3/b19-10-.